The fourth-order valence-corrected chi connectivity index (χ4v) is 5.14. The summed E-state index contributed by atoms with van der Waals surface area (Å²) in [5, 5.41) is 11.6. The van der Waals surface area contributed by atoms with Crippen molar-refractivity contribution in [3.8, 4) is 0 Å². The Labute approximate surface area is 187 Å². The lowest BCUT2D eigenvalue weighted by Crippen LogP contribution is -2.16. The highest BCUT2D eigenvalue weighted by molar-refractivity contribution is 7.99. The summed E-state index contributed by atoms with van der Waals surface area (Å²) in [6.07, 6.45) is 0.826. The highest BCUT2D eigenvalue weighted by Crippen LogP contribution is 2.23. The van der Waals surface area contributed by atoms with E-state index >= 15 is 0 Å². The van der Waals surface area contributed by atoms with E-state index in [4.69, 9.17) is 0 Å². The molecule has 3 rings (SSSR count). The molecule has 9 heteroatoms. The molecule has 0 aliphatic rings. The molecule has 1 N–H and O–H groups in total. The van der Waals surface area contributed by atoms with E-state index in [9.17, 15) is 13.2 Å². The zero-order valence-electron chi connectivity index (χ0n) is 18.0. The van der Waals surface area contributed by atoms with Gasteiger partial charge in [0.1, 0.15) is 11.6 Å². The maximum Gasteiger partial charge on any atom is 0.234 e. The van der Waals surface area contributed by atoms with Gasteiger partial charge in [-0.25, -0.2) is 8.42 Å². The number of sulfone groups is 1. The van der Waals surface area contributed by atoms with Gasteiger partial charge in [-0.2, -0.15) is 0 Å². The largest absolute Gasteiger partial charge is 0.325 e. The van der Waals surface area contributed by atoms with Gasteiger partial charge in [0, 0.05) is 12.7 Å². The molecule has 1 heterocycles. The maximum absolute atomic E-state index is 12.7. The van der Waals surface area contributed by atoms with Crippen molar-refractivity contribution < 1.29 is 13.2 Å². The number of nitrogens with one attached hydrogen (secondary N) is 1. The highest BCUT2D eigenvalue weighted by atomic mass is 32.2. The van der Waals surface area contributed by atoms with Gasteiger partial charge in [0.15, 0.2) is 15.0 Å². The summed E-state index contributed by atoms with van der Waals surface area (Å²) in [5.41, 5.74) is 3.94. The van der Waals surface area contributed by atoms with Gasteiger partial charge in [-0.05, 0) is 43.5 Å². The lowest BCUT2D eigenvalue weighted by atomic mass is 10.1. The van der Waals surface area contributed by atoms with Gasteiger partial charge in [0.2, 0.25) is 5.91 Å². The summed E-state index contributed by atoms with van der Waals surface area (Å²) in [7, 11) is -1.83. The van der Waals surface area contributed by atoms with Crippen molar-refractivity contribution in [1.82, 2.24) is 14.8 Å². The van der Waals surface area contributed by atoms with Crippen molar-refractivity contribution in [3.63, 3.8) is 0 Å². The highest BCUT2D eigenvalue weighted by Gasteiger charge is 2.21. The first kappa shape index (κ1) is 23.0. The molecule has 0 atom stereocenters. The molecule has 7 nitrogen and oxygen atoms in total. The van der Waals surface area contributed by atoms with E-state index in [1.807, 2.05) is 39.0 Å². The number of thioether (sulfide) groups is 1. The van der Waals surface area contributed by atoms with Gasteiger partial charge in [0.05, 0.1) is 10.6 Å². The topological polar surface area (TPSA) is 94.0 Å². The van der Waals surface area contributed by atoms with Crippen LogP contribution in [0.15, 0.2) is 52.5 Å². The van der Waals surface area contributed by atoms with E-state index in [-0.39, 0.29) is 22.3 Å². The monoisotopic (exact) mass is 458 g/mol. The Balaban J connectivity index is 1.66. The van der Waals surface area contributed by atoms with Gasteiger partial charge in [-0.15, -0.1) is 10.2 Å². The number of aromatic nitrogens is 3. The number of benzene rings is 2. The number of para-hydroxylation sites is 1. The molecular formula is C22H26N4O3S2. The predicted molar refractivity (Wildman–Crippen MR) is 123 cm³/mol. The zero-order chi connectivity index (χ0) is 22.6. The van der Waals surface area contributed by atoms with Crippen LogP contribution in [0.5, 0.6) is 0 Å². The van der Waals surface area contributed by atoms with E-state index in [0.717, 1.165) is 28.8 Å². The molecule has 2 aromatic carbocycles. The van der Waals surface area contributed by atoms with Crippen molar-refractivity contribution in [2.45, 2.75) is 43.0 Å². The second-order valence-electron chi connectivity index (χ2n) is 7.33. The summed E-state index contributed by atoms with van der Waals surface area (Å²) in [4.78, 5) is 12.7. The molecule has 0 saturated heterocycles. The van der Waals surface area contributed by atoms with Crippen LogP contribution in [-0.4, -0.2) is 34.8 Å². The van der Waals surface area contributed by atoms with Crippen LogP contribution < -0.4 is 5.32 Å². The number of hydrogen-bond acceptors (Lipinski definition) is 6. The average molecular weight is 459 g/mol. The van der Waals surface area contributed by atoms with Crippen molar-refractivity contribution in [2.75, 3.05) is 11.1 Å². The summed E-state index contributed by atoms with van der Waals surface area (Å²) in [6.45, 7) is 5.91. The van der Waals surface area contributed by atoms with Crippen LogP contribution in [0.1, 0.15) is 29.4 Å². The minimum atomic E-state index is -3.54. The van der Waals surface area contributed by atoms with Crippen LogP contribution >= 0.6 is 11.8 Å². The molecule has 0 radical (unpaired) electrons. The van der Waals surface area contributed by atoms with Crippen molar-refractivity contribution in [1.29, 1.82) is 0 Å². The van der Waals surface area contributed by atoms with E-state index in [0.29, 0.717) is 11.0 Å². The molecule has 3 aromatic rings. The number of hydrogen-bond donors (Lipinski definition) is 1. The second kappa shape index (κ2) is 9.65. The van der Waals surface area contributed by atoms with Gasteiger partial charge in [-0.1, -0.05) is 54.6 Å². The second-order valence-corrected chi connectivity index (χ2v) is 10.3. The molecule has 1 amide bonds. The van der Waals surface area contributed by atoms with Crippen LogP contribution in [0.4, 0.5) is 5.69 Å². The van der Waals surface area contributed by atoms with E-state index in [2.05, 4.69) is 15.5 Å². The van der Waals surface area contributed by atoms with Gasteiger partial charge in [-0.3, -0.25) is 4.79 Å². The first-order chi connectivity index (χ1) is 14.7. The smallest absolute Gasteiger partial charge is 0.234 e. The molecule has 0 spiro atoms. The van der Waals surface area contributed by atoms with E-state index in [1.54, 1.807) is 35.9 Å². The van der Waals surface area contributed by atoms with Crippen molar-refractivity contribution >= 4 is 33.2 Å². The first-order valence-corrected chi connectivity index (χ1v) is 12.5. The Kier molecular flexibility index (Phi) is 7.17. The molecule has 0 aliphatic carbocycles. The number of rotatable bonds is 8. The van der Waals surface area contributed by atoms with E-state index in [1.165, 1.54) is 11.8 Å². The molecule has 31 heavy (non-hydrogen) atoms. The summed E-state index contributed by atoms with van der Waals surface area (Å²) in [5.74, 6) is 0.0744. The number of aryl methyl sites for hydroxylation is 3. The lowest BCUT2D eigenvalue weighted by Gasteiger charge is -2.12. The van der Waals surface area contributed by atoms with Gasteiger partial charge in [0.25, 0.3) is 0 Å². The SMILES string of the molecule is CCc1cccc(C)c1NC(=O)CSc1nnc(CS(=O)(=O)c2ccc(C)cc2)n1C. The predicted octanol–water partition coefficient (Wildman–Crippen LogP) is 3.70. The number of anilines is 1. The third-order valence-electron chi connectivity index (χ3n) is 4.96. The lowest BCUT2D eigenvalue weighted by molar-refractivity contribution is -0.113. The Hall–Kier alpha value is -2.65. The molecule has 0 saturated carbocycles. The van der Waals surface area contributed by atoms with Crippen molar-refractivity contribution in [2.24, 2.45) is 7.05 Å². The third kappa shape index (κ3) is 5.54. The molecule has 0 bridgehead atoms. The minimum absolute atomic E-state index is 0.147. The Morgan fingerprint density at radius 1 is 1.10 bits per heavy atom. The first-order valence-electron chi connectivity index (χ1n) is 9.90. The Morgan fingerprint density at radius 3 is 2.48 bits per heavy atom. The van der Waals surface area contributed by atoms with Crippen LogP contribution in [0.2, 0.25) is 0 Å². The van der Waals surface area contributed by atoms with Crippen LogP contribution in [0.3, 0.4) is 0 Å². The Bertz CT molecular complexity index is 1190. The number of carbonyl (C=O) groups excluding carboxylic acids is 1. The summed E-state index contributed by atoms with van der Waals surface area (Å²) in [6, 6.07) is 12.7. The number of amides is 1. The Morgan fingerprint density at radius 2 is 1.81 bits per heavy atom. The normalized spacial score (nSPS) is 11.5. The quantitative estimate of drug-likeness (QED) is 0.517. The summed E-state index contributed by atoms with van der Waals surface area (Å²) >= 11 is 1.22. The maximum atomic E-state index is 12.7. The number of carbonyl (C=O) groups is 1. The minimum Gasteiger partial charge on any atom is -0.325 e. The number of nitrogens with zero attached hydrogens (tertiary/aromatic N) is 3. The molecule has 0 aliphatic heterocycles. The average Bonchev–Trinajstić information content (AvgIpc) is 3.07. The van der Waals surface area contributed by atoms with Crippen LogP contribution in [0, 0.1) is 13.8 Å². The van der Waals surface area contributed by atoms with E-state index < -0.39 is 9.84 Å². The van der Waals surface area contributed by atoms with Gasteiger partial charge >= 0.3 is 0 Å². The zero-order valence-corrected chi connectivity index (χ0v) is 19.7. The molecular weight excluding hydrogens is 432 g/mol. The van der Waals surface area contributed by atoms with Crippen LogP contribution in [0.25, 0.3) is 0 Å². The fourth-order valence-electron chi connectivity index (χ4n) is 3.10. The molecule has 1 aromatic heterocycles. The molecule has 0 fully saturated rings. The summed E-state index contributed by atoms with van der Waals surface area (Å²) < 4.78 is 27.0. The molecule has 0 unspecified atom stereocenters. The fraction of sp³-hybridized carbons (Fsp3) is 0.318. The molecule has 164 valence electrons. The standard InChI is InChI=1S/C22H26N4O3S2/c1-5-17-8-6-7-16(3)21(17)23-20(27)13-30-22-25-24-19(26(22)4)14-31(28,29)18-11-9-15(2)10-12-18/h6-12H,5,13-14H2,1-4H3,(H,23,27). The van der Waals surface area contributed by atoms with Gasteiger partial charge < -0.3 is 9.88 Å². The van der Waals surface area contributed by atoms with Crippen LogP contribution in [-0.2, 0) is 33.9 Å². The van der Waals surface area contributed by atoms with Crippen molar-refractivity contribution in [3.05, 3.63) is 65.0 Å². The third-order valence-corrected chi connectivity index (χ3v) is 7.61.